The van der Waals surface area contributed by atoms with Gasteiger partial charge in [0.1, 0.15) is 23.7 Å². The number of nitrogens with zero attached hydrogens (tertiary/aromatic N) is 6. The summed E-state index contributed by atoms with van der Waals surface area (Å²) in [6.07, 6.45) is 4.13. The number of carboxylic acid groups (broad SMARTS) is 2. The van der Waals surface area contributed by atoms with E-state index in [-0.39, 0.29) is 34.3 Å². The molecule has 2 saturated heterocycles. The monoisotopic (exact) mass is 535 g/mol. The van der Waals surface area contributed by atoms with Crippen LogP contribution >= 0.6 is 23.5 Å². The van der Waals surface area contributed by atoms with E-state index in [1.165, 1.54) is 11.8 Å². The molecule has 3 fully saturated rings. The van der Waals surface area contributed by atoms with Crippen LogP contribution in [0.5, 0.6) is 0 Å². The number of aromatic nitrogens is 4. The van der Waals surface area contributed by atoms with Crippen molar-refractivity contribution in [3.05, 3.63) is 22.9 Å². The van der Waals surface area contributed by atoms with Crippen LogP contribution in [0.4, 0.5) is 0 Å². The molecule has 5 rings (SSSR count). The molecule has 2 atom stereocenters. The molecule has 4 heterocycles. The molecule has 0 unspecified atom stereocenters. The fourth-order valence-corrected chi connectivity index (χ4v) is 6.33. The van der Waals surface area contributed by atoms with Gasteiger partial charge in [-0.3, -0.25) is 24.1 Å². The van der Waals surface area contributed by atoms with E-state index in [1.807, 2.05) is 4.90 Å². The Labute approximate surface area is 212 Å². The smallest absolute Gasteiger partial charge is 0.352 e. The topological polar surface area (TPSA) is 188 Å². The number of likely N-dealkylation sites (tertiary alicyclic amines) is 1. The molecule has 0 radical (unpaired) electrons. The molecule has 3 N–H and O–H groups in total. The zero-order valence-electron chi connectivity index (χ0n) is 18.7. The number of fused-ring (bicyclic) bond motifs is 1. The first-order chi connectivity index (χ1) is 17.2. The first-order valence-corrected chi connectivity index (χ1v) is 13.1. The summed E-state index contributed by atoms with van der Waals surface area (Å²) in [6.45, 7) is 0.164. The third-order valence-corrected chi connectivity index (χ3v) is 8.39. The van der Waals surface area contributed by atoms with Crippen molar-refractivity contribution in [1.29, 1.82) is 0 Å². The number of β-lactam (4-membered cyclic amide) rings is 1. The van der Waals surface area contributed by atoms with E-state index in [0.29, 0.717) is 24.1 Å². The largest absolute Gasteiger partial charge is 0.480 e. The number of carboxylic acids is 2. The zero-order valence-corrected chi connectivity index (χ0v) is 20.3. The Morgan fingerprint density at radius 1 is 1.22 bits per heavy atom. The summed E-state index contributed by atoms with van der Waals surface area (Å²) < 4.78 is 1.03. The summed E-state index contributed by atoms with van der Waals surface area (Å²) >= 11 is 2.23. The standard InChI is InChI=1S/C20H21N7O7S2/c28-12(8-36-20-22-23-24-26(20)6-13(29)30)21-14-17(32)27-15(19(33)34)10(7-35-18(14)27)5-9-3-4-25(16(9)31)11-1-2-11/h5,11,14,18H,1-4,6-8H2,(H,21,28)(H,29,30)(H,33,34)/b9-5+/t14-,18-/m1/s1. The van der Waals surface area contributed by atoms with Gasteiger partial charge in [0.15, 0.2) is 0 Å². The van der Waals surface area contributed by atoms with E-state index >= 15 is 0 Å². The van der Waals surface area contributed by atoms with Gasteiger partial charge in [-0.15, -0.1) is 16.9 Å². The summed E-state index contributed by atoms with van der Waals surface area (Å²) in [6, 6.07) is -0.620. The van der Waals surface area contributed by atoms with Crippen molar-refractivity contribution in [3.8, 4) is 0 Å². The molecule has 1 aromatic heterocycles. The third kappa shape index (κ3) is 4.57. The van der Waals surface area contributed by atoms with Crippen molar-refractivity contribution >= 4 is 53.2 Å². The van der Waals surface area contributed by atoms with Gasteiger partial charge >= 0.3 is 11.9 Å². The van der Waals surface area contributed by atoms with Gasteiger partial charge in [0.25, 0.3) is 5.91 Å². The van der Waals surface area contributed by atoms with E-state index in [4.69, 9.17) is 5.11 Å². The molecule has 1 saturated carbocycles. The van der Waals surface area contributed by atoms with Gasteiger partial charge in [0.05, 0.1) is 5.75 Å². The van der Waals surface area contributed by atoms with Crippen LogP contribution in [0.2, 0.25) is 0 Å². The highest BCUT2D eigenvalue weighted by molar-refractivity contribution is 8.00. The summed E-state index contributed by atoms with van der Waals surface area (Å²) in [5.41, 5.74) is 0.792. The van der Waals surface area contributed by atoms with Crippen molar-refractivity contribution in [2.24, 2.45) is 0 Å². The molecule has 14 nitrogen and oxygen atoms in total. The maximum atomic E-state index is 12.8. The highest BCUT2D eigenvalue weighted by Gasteiger charge is 2.54. The van der Waals surface area contributed by atoms with Gasteiger partial charge in [-0.1, -0.05) is 11.8 Å². The van der Waals surface area contributed by atoms with Crippen molar-refractivity contribution in [3.63, 3.8) is 0 Å². The lowest BCUT2D eigenvalue weighted by Gasteiger charge is -2.49. The second-order valence-electron chi connectivity index (χ2n) is 8.58. The predicted octanol–water partition coefficient (Wildman–Crippen LogP) is -1.09. The lowest BCUT2D eigenvalue weighted by molar-refractivity contribution is -0.150. The number of aliphatic carboxylic acids is 2. The van der Waals surface area contributed by atoms with Crippen LogP contribution in [0.25, 0.3) is 0 Å². The third-order valence-electron chi connectivity index (χ3n) is 6.13. The number of allylic oxidation sites excluding steroid dienone is 1. The fourth-order valence-electron chi connectivity index (χ4n) is 4.34. The second-order valence-corrected chi connectivity index (χ2v) is 10.6. The van der Waals surface area contributed by atoms with E-state index in [0.717, 1.165) is 34.2 Å². The van der Waals surface area contributed by atoms with Gasteiger partial charge in [-0.25, -0.2) is 9.48 Å². The predicted molar refractivity (Wildman–Crippen MR) is 123 cm³/mol. The van der Waals surface area contributed by atoms with Crippen LogP contribution in [0.1, 0.15) is 19.3 Å². The quantitative estimate of drug-likeness (QED) is 0.197. The Morgan fingerprint density at radius 2 is 2.00 bits per heavy atom. The Morgan fingerprint density at radius 3 is 2.69 bits per heavy atom. The van der Waals surface area contributed by atoms with Crippen molar-refractivity contribution in [2.45, 2.75) is 48.4 Å². The van der Waals surface area contributed by atoms with Crippen LogP contribution < -0.4 is 5.32 Å². The minimum atomic E-state index is -1.27. The molecule has 190 valence electrons. The Hall–Kier alpha value is -3.40. The molecule has 16 heteroatoms. The van der Waals surface area contributed by atoms with Crippen LogP contribution in [0.15, 0.2) is 28.1 Å². The van der Waals surface area contributed by atoms with Gasteiger partial charge in [-0.2, -0.15) is 0 Å². The minimum absolute atomic E-state index is 0.0752. The average molecular weight is 536 g/mol. The lowest BCUT2D eigenvalue weighted by Crippen LogP contribution is -2.70. The summed E-state index contributed by atoms with van der Waals surface area (Å²) in [5.74, 6) is -3.43. The van der Waals surface area contributed by atoms with E-state index in [1.54, 1.807) is 6.08 Å². The highest BCUT2D eigenvalue weighted by Crippen LogP contribution is 2.41. The molecule has 0 aromatic carbocycles. The first-order valence-electron chi connectivity index (χ1n) is 11.1. The van der Waals surface area contributed by atoms with E-state index < -0.39 is 41.7 Å². The van der Waals surface area contributed by atoms with Gasteiger partial charge in [0.2, 0.25) is 17.0 Å². The number of nitrogens with one attached hydrogen (secondary N) is 1. The van der Waals surface area contributed by atoms with Gasteiger partial charge < -0.3 is 20.4 Å². The molecule has 3 amide bonds. The molecule has 3 aliphatic heterocycles. The van der Waals surface area contributed by atoms with Crippen LogP contribution in [0.3, 0.4) is 0 Å². The average Bonchev–Trinajstić information content (AvgIpc) is 3.48. The molecule has 0 spiro atoms. The Bertz CT molecular complexity index is 1220. The summed E-state index contributed by atoms with van der Waals surface area (Å²) in [5, 5.41) is 31.5. The van der Waals surface area contributed by atoms with Gasteiger partial charge in [0, 0.05) is 23.9 Å². The highest BCUT2D eigenvalue weighted by atomic mass is 32.2. The van der Waals surface area contributed by atoms with Crippen LogP contribution in [-0.2, 0) is 30.5 Å². The Balaban J connectivity index is 1.24. The SMILES string of the molecule is O=C(O)Cn1nnnc1SCC(=O)N[C@@H]1C(=O)N2C(C(=O)O)=C(/C=C3\CCN(C4CC4)C3=O)CS[C@H]12. The first kappa shape index (κ1) is 24.3. The number of rotatable bonds is 9. The number of thioether (sulfide) groups is 2. The molecule has 36 heavy (non-hydrogen) atoms. The Kier molecular flexibility index (Phi) is 6.46. The maximum absolute atomic E-state index is 12.8. The van der Waals surface area contributed by atoms with Crippen LogP contribution in [-0.4, -0.2) is 105 Å². The van der Waals surface area contributed by atoms with Crippen molar-refractivity contribution in [2.75, 3.05) is 18.1 Å². The molecule has 0 bridgehead atoms. The van der Waals surface area contributed by atoms with E-state index in [2.05, 4.69) is 20.8 Å². The molecule has 1 aliphatic carbocycles. The number of tetrazole rings is 1. The molecular weight excluding hydrogens is 514 g/mol. The molecular formula is C20H21N7O7S2. The van der Waals surface area contributed by atoms with Gasteiger partial charge in [-0.05, 0) is 41.3 Å². The molecule has 4 aliphatic rings. The summed E-state index contributed by atoms with van der Waals surface area (Å²) in [4.78, 5) is 63.9. The van der Waals surface area contributed by atoms with Crippen LogP contribution in [0, 0.1) is 0 Å². The van der Waals surface area contributed by atoms with E-state index in [9.17, 15) is 29.1 Å². The minimum Gasteiger partial charge on any atom is -0.480 e. The summed E-state index contributed by atoms with van der Waals surface area (Å²) in [7, 11) is 0. The number of hydrogen-bond acceptors (Lipinski definition) is 10. The number of hydrogen-bond donors (Lipinski definition) is 3. The number of carbonyl (C=O) groups is 5. The molecule has 1 aromatic rings. The maximum Gasteiger partial charge on any atom is 0.352 e. The number of carbonyl (C=O) groups excluding carboxylic acids is 3. The fraction of sp³-hybridized carbons (Fsp3) is 0.500. The second kappa shape index (κ2) is 9.57. The lowest BCUT2D eigenvalue weighted by atomic mass is 10.0. The van der Waals surface area contributed by atoms with Crippen molar-refractivity contribution in [1.82, 2.24) is 35.3 Å². The number of amides is 3. The van der Waals surface area contributed by atoms with Crippen molar-refractivity contribution < 1.29 is 34.2 Å². The normalized spacial score (nSPS) is 24.7. The zero-order chi connectivity index (χ0) is 25.6.